The summed E-state index contributed by atoms with van der Waals surface area (Å²) in [4.78, 5) is 35.6. The number of quaternary nitrogens is 1. The monoisotopic (exact) mass is 1100 g/mol. The van der Waals surface area contributed by atoms with E-state index in [-0.39, 0.29) is 25.6 Å². The molecule has 0 heterocycles. The third-order valence-electron chi connectivity index (χ3n) is 13.4. The summed E-state index contributed by atoms with van der Waals surface area (Å²) in [6, 6.07) is 0. The fourth-order valence-electron chi connectivity index (χ4n) is 8.56. The average molecular weight is 1100 g/mol. The fourth-order valence-corrected chi connectivity index (χ4v) is 9.30. The van der Waals surface area contributed by atoms with Crippen molar-refractivity contribution in [3.05, 3.63) is 97.2 Å². The highest BCUT2D eigenvalue weighted by Gasteiger charge is 2.27. The summed E-state index contributed by atoms with van der Waals surface area (Å²) in [7, 11) is 1.48. The number of hydrogen-bond acceptors (Lipinski definition) is 7. The van der Waals surface area contributed by atoms with Crippen LogP contribution in [0.15, 0.2) is 97.2 Å². The third-order valence-corrected chi connectivity index (χ3v) is 14.4. The zero-order chi connectivity index (χ0) is 56.3. The lowest BCUT2D eigenvalue weighted by atomic mass is 10.0. The average Bonchev–Trinajstić information content (AvgIpc) is 3.39. The van der Waals surface area contributed by atoms with Crippen molar-refractivity contribution in [1.29, 1.82) is 0 Å². The fraction of sp³-hybridized carbons (Fsp3) is 0.731. The summed E-state index contributed by atoms with van der Waals surface area (Å²) in [5.74, 6) is -0.792. The number of carbonyl (C=O) groups is 2. The minimum atomic E-state index is -4.38. The predicted molar refractivity (Wildman–Crippen MR) is 330 cm³/mol. The highest BCUT2D eigenvalue weighted by atomic mass is 31.2. The Morgan fingerprint density at radius 3 is 1.10 bits per heavy atom. The highest BCUT2D eigenvalue weighted by molar-refractivity contribution is 7.47. The Morgan fingerprint density at radius 2 is 0.740 bits per heavy atom. The van der Waals surface area contributed by atoms with Crippen molar-refractivity contribution < 1.29 is 42.1 Å². The van der Waals surface area contributed by atoms with Crippen LogP contribution in [0.4, 0.5) is 0 Å². The second kappa shape index (κ2) is 57.6. The van der Waals surface area contributed by atoms with E-state index < -0.39 is 26.5 Å². The number of ether oxygens (including phenoxy) is 2. The van der Waals surface area contributed by atoms with Crippen molar-refractivity contribution in [3.63, 3.8) is 0 Å². The Labute approximate surface area is 474 Å². The second-order valence-electron chi connectivity index (χ2n) is 22.1. The Kier molecular flexibility index (Phi) is 55.3. The molecule has 0 aliphatic rings. The summed E-state index contributed by atoms with van der Waals surface area (Å²) in [5, 5.41) is 0. The molecule has 0 aromatic heterocycles. The smallest absolute Gasteiger partial charge is 0.462 e. The molecule has 0 radical (unpaired) electrons. The van der Waals surface area contributed by atoms with Gasteiger partial charge in [0.05, 0.1) is 27.7 Å². The molecule has 0 amide bonds. The molecule has 10 heteroatoms. The van der Waals surface area contributed by atoms with Gasteiger partial charge in [0.15, 0.2) is 6.10 Å². The van der Waals surface area contributed by atoms with Crippen LogP contribution in [-0.4, -0.2) is 74.9 Å². The van der Waals surface area contributed by atoms with Crippen LogP contribution in [0.1, 0.15) is 264 Å². The lowest BCUT2D eigenvalue weighted by molar-refractivity contribution is -0.870. The second-order valence-corrected chi connectivity index (χ2v) is 23.5. The van der Waals surface area contributed by atoms with Crippen molar-refractivity contribution >= 4 is 19.8 Å². The van der Waals surface area contributed by atoms with Gasteiger partial charge in [0, 0.05) is 12.8 Å². The first-order valence-electron chi connectivity index (χ1n) is 31.5. The highest BCUT2D eigenvalue weighted by Crippen LogP contribution is 2.43. The number of phosphoric ester groups is 1. The molecule has 444 valence electrons. The van der Waals surface area contributed by atoms with Gasteiger partial charge in [-0.25, -0.2) is 4.57 Å². The van der Waals surface area contributed by atoms with Crippen LogP contribution in [0.25, 0.3) is 0 Å². The molecular weight excluding hydrogens is 978 g/mol. The number of phosphoric acid groups is 1. The van der Waals surface area contributed by atoms with Gasteiger partial charge in [0.25, 0.3) is 0 Å². The third kappa shape index (κ3) is 62.0. The lowest BCUT2D eigenvalue weighted by Gasteiger charge is -2.24. The van der Waals surface area contributed by atoms with Crippen LogP contribution in [0, 0.1) is 0 Å². The van der Waals surface area contributed by atoms with Crippen LogP contribution < -0.4 is 0 Å². The Hall–Kier alpha value is -3.07. The Balaban J connectivity index is 3.95. The molecule has 2 unspecified atom stereocenters. The molecule has 0 bridgehead atoms. The SMILES string of the molecule is CC/C=C\C/C=C\C/C=C\C/C=C\C/C=C\C/C=C\C/C=C\C/C=C\CCCCCCCCCCCCCCCCCCC(=O)OC(COC(=O)CCCCCCCCCCCCCC)COP(=O)(O)OCC[N+](C)(C)C. The van der Waals surface area contributed by atoms with Gasteiger partial charge in [0.2, 0.25) is 0 Å². The van der Waals surface area contributed by atoms with Crippen molar-refractivity contribution in [1.82, 2.24) is 0 Å². The quantitative estimate of drug-likeness (QED) is 0.0211. The van der Waals surface area contributed by atoms with E-state index in [1.54, 1.807) is 0 Å². The molecule has 0 spiro atoms. The van der Waals surface area contributed by atoms with E-state index in [0.29, 0.717) is 23.9 Å². The normalized spacial score (nSPS) is 13.9. The molecule has 0 saturated heterocycles. The van der Waals surface area contributed by atoms with Crippen LogP contribution >= 0.6 is 7.82 Å². The Bertz CT molecular complexity index is 1620. The number of hydrogen-bond donors (Lipinski definition) is 1. The molecule has 0 rings (SSSR count). The van der Waals surface area contributed by atoms with E-state index in [1.165, 1.54) is 148 Å². The predicted octanol–water partition coefficient (Wildman–Crippen LogP) is 20.0. The maximum Gasteiger partial charge on any atom is 0.472 e. The van der Waals surface area contributed by atoms with E-state index in [1.807, 2.05) is 21.1 Å². The number of unbranched alkanes of at least 4 members (excludes halogenated alkanes) is 27. The number of allylic oxidation sites excluding steroid dienone is 16. The first kappa shape index (κ1) is 73.9. The first-order valence-corrected chi connectivity index (χ1v) is 33.0. The van der Waals surface area contributed by atoms with Crippen molar-refractivity contribution in [2.24, 2.45) is 0 Å². The number of carbonyl (C=O) groups excluding carboxylic acids is 2. The lowest BCUT2D eigenvalue weighted by Crippen LogP contribution is -2.37. The summed E-state index contributed by atoms with van der Waals surface area (Å²) in [5.41, 5.74) is 0. The van der Waals surface area contributed by atoms with Gasteiger partial charge in [-0.2, -0.15) is 0 Å². The van der Waals surface area contributed by atoms with E-state index in [2.05, 4.69) is 111 Å². The van der Waals surface area contributed by atoms with Gasteiger partial charge in [-0.15, -0.1) is 0 Å². The van der Waals surface area contributed by atoms with Gasteiger partial charge in [-0.3, -0.25) is 18.6 Å². The molecule has 77 heavy (non-hydrogen) atoms. The first-order chi connectivity index (χ1) is 37.5. The van der Waals surface area contributed by atoms with Gasteiger partial charge >= 0.3 is 19.8 Å². The summed E-state index contributed by atoms with van der Waals surface area (Å²) in [6.45, 7) is 4.32. The van der Waals surface area contributed by atoms with Crippen molar-refractivity contribution in [3.8, 4) is 0 Å². The number of nitrogens with zero attached hydrogens (tertiary/aromatic N) is 1. The standard InChI is InChI=1S/C67H118NO8P/c1-6-8-10-12-14-16-18-20-21-22-23-24-25-26-27-28-29-30-31-32-33-34-35-36-37-38-39-40-41-42-43-44-45-46-47-48-50-52-54-56-58-60-67(70)76-65(64-75-77(71,72)74-62-61-68(3,4)5)63-73-66(69)59-57-55-53-51-49-19-17-15-13-11-9-7-2/h8,10,14,16,20-21,23-24,26-27,29-30,32-33,35-36,65H,6-7,9,11-13,15,17-19,22,25,28,31,34,37-64H2,1-5H3/p+1/b10-8-,16-14-,21-20-,24-23-,27-26-,30-29-,33-32-,36-35-. The maximum atomic E-state index is 12.8. The minimum absolute atomic E-state index is 0.0311. The Morgan fingerprint density at radius 1 is 0.416 bits per heavy atom. The van der Waals surface area contributed by atoms with E-state index in [9.17, 15) is 19.0 Å². The molecule has 0 aromatic carbocycles. The van der Waals surface area contributed by atoms with Crippen LogP contribution in [-0.2, 0) is 32.7 Å². The van der Waals surface area contributed by atoms with Crippen molar-refractivity contribution in [2.45, 2.75) is 270 Å². The molecule has 0 aliphatic heterocycles. The molecule has 0 fully saturated rings. The van der Waals surface area contributed by atoms with E-state index in [0.717, 1.165) is 83.5 Å². The van der Waals surface area contributed by atoms with Gasteiger partial charge in [0.1, 0.15) is 19.8 Å². The van der Waals surface area contributed by atoms with Crippen LogP contribution in [0.2, 0.25) is 0 Å². The molecular formula is C67H119NO8P+. The summed E-state index contributed by atoms with van der Waals surface area (Å²) >= 11 is 0. The largest absolute Gasteiger partial charge is 0.472 e. The van der Waals surface area contributed by atoms with Crippen molar-refractivity contribution in [2.75, 3.05) is 47.5 Å². The summed E-state index contributed by atoms with van der Waals surface area (Å²) in [6.07, 6.45) is 79.3. The van der Waals surface area contributed by atoms with Gasteiger partial charge < -0.3 is 18.9 Å². The van der Waals surface area contributed by atoms with Crippen LogP contribution in [0.5, 0.6) is 0 Å². The number of likely N-dealkylation sites (N-methyl/N-ethyl adjacent to an activating group) is 1. The van der Waals surface area contributed by atoms with E-state index >= 15 is 0 Å². The van der Waals surface area contributed by atoms with Crippen LogP contribution in [0.3, 0.4) is 0 Å². The maximum absolute atomic E-state index is 12.8. The van der Waals surface area contributed by atoms with E-state index in [4.69, 9.17) is 18.5 Å². The molecule has 1 N–H and O–H groups in total. The molecule has 9 nitrogen and oxygen atoms in total. The number of rotatable bonds is 57. The minimum Gasteiger partial charge on any atom is -0.462 e. The van der Waals surface area contributed by atoms with Gasteiger partial charge in [-0.05, 0) is 77.0 Å². The zero-order valence-electron chi connectivity index (χ0n) is 50.4. The topological polar surface area (TPSA) is 108 Å². The molecule has 0 saturated carbocycles. The molecule has 0 aliphatic carbocycles. The zero-order valence-corrected chi connectivity index (χ0v) is 51.3. The number of esters is 2. The molecule has 0 aromatic rings. The summed E-state index contributed by atoms with van der Waals surface area (Å²) < 4.78 is 34.5. The van der Waals surface area contributed by atoms with Gasteiger partial charge in [-0.1, -0.05) is 272 Å². The molecule has 2 atom stereocenters.